The van der Waals surface area contributed by atoms with E-state index in [-0.39, 0.29) is 5.69 Å². The number of methoxy groups -OCH3 is 1. The Labute approximate surface area is 159 Å². The van der Waals surface area contributed by atoms with Crippen LogP contribution in [0.15, 0.2) is 36.4 Å². The van der Waals surface area contributed by atoms with Crippen molar-refractivity contribution >= 4 is 39.2 Å². The van der Waals surface area contributed by atoms with E-state index in [1.54, 1.807) is 29.0 Å². The average Bonchev–Trinajstić information content (AvgIpc) is 2.87. The van der Waals surface area contributed by atoms with Crippen LogP contribution >= 0.6 is 0 Å². The Morgan fingerprint density at radius 3 is 2.39 bits per heavy atom. The van der Waals surface area contributed by atoms with E-state index in [1.807, 2.05) is 0 Å². The Bertz CT molecular complexity index is 1020. The fourth-order valence-corrected chi connectivity index (χ4v) is 3.69. The fourth-order valence-electron chi connectivity index (χ4n) is 2.52. The Hall–Kier alpha value is -3.54. The Balaban J connectivity index is 1.77. The third kappa shape index (κ3) is 3.91. The van der Waals surface area contributed by atoms with Gasteiger partial charge in [-0.25, -0.2) is 18.2 Å². The zero-order valence-electron chi connectivity index (χ0n) is 14.4. The van der Waals surface area contributed by atoms with E-state index < -0.39 is 45.9 Å². The quantitative estimate of drug-likeness (QED) is 0.601. The molecule has 0 atom stereocenters. The molecule has 1 fully saturated rings. The molecule has 0 saturated carbocycles. The lowest BCUT2D eigenvalue weighted by atomic mass is 10.2. The molecule has 0 spiro atoms. The molecule has 0 aromatic heterocycles. The molecule has 1 heterocycles. The van der Waals surface area contributed by atoms with Crippen molar-refractivity contribution < 1.29 is 32.2 Å². The van der Waals surface area contributed by atoms with E-state index in [1.165, 1.54) is 7.11 Å². The molecule has 3 amide bonds. The number of rotatable bonds is 4. The van der Waals surface area contributed by atoms with Crippen LogP contribution in [0.1, 0.15) is 0 Å². The minimum absolute atomic E-state index is 0.124. The van der Waals surface area contributed by atoms with E-state index in [4.69, 9.17) is 4.74 Å². The lowest BCUT2D eigenvalue weighted by Crippen LogP contribution is -2.30. The van der Waals surface area contributed by atoms with Crippen molar-refractivity contribution in [1.82, 2.24) is 4.72 Å². The van der Waals surface area contributed by atoms with Gasteiger partial charge in [0.25, 0.3) is 5.91 Å². The number of urea groups is 1. The standard InChI is InChI=1S/C16H15FN4O6S/c1-27-11-4-2-9(3-5-11)18-16(24)19-10-6-12(17)15(13(22)7-10)21-8-14(23)20-28(21,25)26/h2-7,22H,8H2,1H3,(H,20,23)(H2,18,19,24). The molecule has 28 heavy (non-hydrogen) atoms. The van der Waals surface area contributed by atoms with Gasteiger partial charge in [0.05, 0.1) is 7.11 Å². The summed E-state index contributed by atoms with van der Waals surface area (Å²) < 4.78 is 45.1. The maximum Gasteiger partial charge on any atom is 0.326 e. The summed E-state index contributed by atoms with van der Waals surface area (Å²) in [7, 11) is -2.79. The van der Waals surface area contributed by atoms with Gasteiger partial charge in [0.15, 0.2) is 5.82 Å². The van der Waals surface area contributed by atoms with Gasteiger partial charge in [-0.3, -0.25) is 4.79 Å². The van der Waals surface area contributed by atoms with E-state index >= 15 is 0 Å². The predicted molar refractivity (Wildman–Crippen MR) is 98.1 cm³/mol. The first-order valence-electron chi connectivity index (χ1n) is 7.77. The van der Waals surface area contributed by atoms with Gasteiger partial charge in [-0.2, -0.15) is 8.42 Å². The summed E-state index contributed by atoms with van der Waals surface area (Å²) in [5.41, 5.74) is -0.382. The molecule has 4 N–H and O–H groups in total. The van der Waals surface area contributed by atoms with Crippen LogP contribution in [-0.2, 0) is 15.0 Å². The predicted octanol–water partition coefficient (Wildman–Crippen LogP) is 1.36. The molecule has 0 radical (unpaired) electrons. The number of benzene rings is 2. The number of nitrogens with one attached hydrogen (secondary N) is 3. The first-order valence-corrected chi connectivity index (χ1v) is 9.21. The molecule has 0 unspecified atom stereocenters. The number of hydrogen-bond acceptors (Lipinski definition) is 6. The number of ether oxygens (including phenoxy) is 1. The number of anilines is 3. The molecule has 1 saturated heterocycles. The Morgan fingerprint density at radius 1 is 1.21 bits per heavy atom. The highest BCUT2D eigenvalue weighted by Gasteiger charge is 2.37. The number of carbonyl (C=O) groups excluding carboxylic acids is 2. The molecule has 12 heteroatoms. The smallest absolute Gasteiger partial charge is 0.326 e. The number of aromatic hydroxyl groups is 1. The van der Waals surface area contributed by atoms with Crippen LogP contribution in [0.4, 0.5) is 26.2 Å². The van der Waals surface area contributed by atoms with Gasteiger partial charge in [-0.1, -0.05) is 0 Å². The van der Waals surface area contributed by atoms with Gasteiger partial charge < -0.3 is 20.5 Å². The van der Waals surface area contributed by atoms with Crippen LogP contribution in [0.5, 0.6) is 11.5 Å². The Morgan fingerprint density at radius 2 is 1.86 bits per heavy atom. The van der Waals surface area contributed by atoms with Gasteiger partial charge in [-0.15, -0.1) is 0 Å². The minimum Gasteiger partial charge on any atom is -0.506 e. The highest BCUT2D eigenvalue weighted by molar-refractivity contribution is 7.92. The third-order valence-electron chi connectivity index (χ3n) is 3.72. The summed E-state index contributed by atoms with van der Waals surface area (Å²) in [6, 6.07) is 7.49. The SMILES string of the molecule is COc1ccc(NC(=O)Nc2cc(O)c(N3CC(=O)NS3(=O)=O)c(F)c2)cc1. The van der Waals surface area contributed by atoms with Gasteiger partial charge >= 0.3 is 16.2 Å². The summed E-state index contributed by atoms with van der Waals surface area (Å²) in [6.07, 6.45) is 0. The van der Waals surface area contributed by atoms with Crippen LogP contribution < -0.4 is 24.4 Å². The minimum atomic E-state index is -4.29. The van der Waals surface area contributed by atoms with Crippen molar-refractivity contribution in [2.45, 2.75) is 0 Å². The number of phenolic OH excluding ortho intramolecular Hbond substituents is 1. The molecule has 0 aliphatic carbocycles. The zero-order chi connectivity index (χ0) is 20.5. The van der Waals surface area contributed by atoms with E-state index in [9.17, 15) is 27.5 Å². The molecule has 3 rings (SSSR count). The summed E-state index contributed by atoms with van der Waals surface area (Å²) in [5, 5.41) is 14.9. The number of halogens is 1. The van der Waals surface area contributed by atoms with E-state index in [0.717, 1.165) is 12.1 Å². The molecule has 0 bridgehead atoms. The van der Waals surface area contributed by atoms with Crippen LogP contribution in [0.3, 0.4) is 0 Å². The highest BCUT2D eigenvalue weighted by Crippen LogP contribution is 2.36. The molecular weight excluding hydrogens is 395 g/mol. The summed E-state index contributed by atoms with van der Waals surface area (Å²) in [4.78, 5) is 23.3. The van der Waals surface area contributed by atoms with Gasteiger partial charge in [0.2, 0.25) is 0 Å². The monoisotopic (exact) mass is 410 g/mol. The number of hydrogen-bond donors (Lipinski definition) is 4. The van der Waals surface area contributed by atoms with Crippen molar-refractivity contribution in [1.29, 1.82) is 0 Å². The summed E-state index contributed by atoms with van der Waals surface area (Å²) >= 11 is 0. The second-order valence-corrected chi connectivity index (χ2v) is 7.27. The molecular formula is C16H15FN4O6S. The molecule has 10 nitrogen and oxygen atoms in total. The number of amides is 3. The molecule has 1 aliphatic rings. The van der Waals surface area contributed by atoms with Crippen LogP contribution in [-0.4, -0.2) is 39.1 Å². The molecule has 2 aromatic rings. The van der Waals surface area contributed by atoms with Crippen LogP contribution in [0, 0.1) is 5.82 Å². The van der Waals surface area contributed by atoms with Crippen LogP contribution in [0.25, 0.3) is 0 Å². The zero-order valence-corrected chi connectivity index (χ0v) is 15.2. The lowest BCUT2D eigenvalue weighted by molar-refractivity contribution is -0.117. The Kier molecular flexibility index (Phi) is 4.96. The van der Waals surface area contributed by atoms with E-state index in [2.05, 4.69) is 10.6 Å². The van der Waals surface area contributed by atoms with Crippen LogP contribution in [0.2, 0.25) is 0 Å². The van der Waals surface area contributed by atoms with Gasteiger partial charge in [0.1, 0.15) is 23.7 Å². The normalized spacial score (nSPS) is 15.1. The average molecular weight is 410 g/mol. The largest absolute Gasteiger partial charge is 0.506 e. The van der Waals surface area contributed by atoms with E-state index in [0.29, 0.717) is 15.7 Å². The second kappa shape index (κ2) is 7.23. The van der Waals surface area contributed by atoms with Crippen molar-refractivity contribution in [2.24, 2.45) is 0 Å². The van der Waals surface area contributed by atoms with Crippen molar-refractivity contribution in [2.75, 3.05) is 28.6 Å². The molecule has 1 aliphatic heterocycles. The van der Waals surface area contributed by atoms with Crippen molar-refractivity contribution in [3.63, 3.8) is 0 Å². The third-order valence-corrected chi connectivity index (χ3v) is 5.10. The summed E-state index contributed by atoms with van der Waals surface area (Å²) in [5.74, 6) is -2.17. The first kappa shape index (κ1) is 19.2. The highest BCUT2D eigenvalue weighted by atomic mass is 32.2. The van der Waals surface area contributed by atoms with Crippen molar-refractivity contribution in [3.05, 3.63) is 42.2 Å². The number of carbonyl (C=O) groups is 2. The number of nitrogens with zero attached hydrogens (tertiary/aromatic N) is 1. The maximum absolute atomic E-state index is 14.4. The summed E-state index contributed by atoms with van der Waals surface area (Å²) in [6.45, 7) is -0.669. The second-order valence-electron chi connectivity index (χ2n) is 5.67. The number of phenols is 1. The fraction of sp³-hybridized carbons (Fsp3) is 0.125. The van der Waals surface area contributed by atoms with Gasteiger partial charge in [0, 0.05) is 17.4 Å². The van der Waals surface area contributed by atoms with Crippen molar-refractivity contribution in [3.8, 4) is 11.5 Å². The molecule has 148 valence electrons. The maximum atomic E-state index is 14.4. The topological polar surface area (TPSA) is 137 Å². The lowest BCUT2D eigenvalue weighted by Gasteiger charge is -2.18. The van der Waals surface area contributed by atoms with Gasteiger partial charge in [-0.05, 0) is 30.3 Å². The molecule has 2 aromatic carbocycles. The first-order chi connectivity index (χ1) is 13.2.